The highest BCUT2D eigenvalue weighted by Crippen LogP contribution is 2.36. The zero-order valence-electron chi connectivity index (χ0n) is 36.6. The molecule has 0 spiro atoms. The fraction of sp³-hybridized carbons (Fsp3) is 0.429. The number of Topliss-reactive ketones (excluding diaryl/α,β-unsaturated/α-hetero) is 1. The number of nitrogens with zero attached hydrogens (tertiary/aromatic N) is 8. The van der Waals surface area contributed by atoms with Gasteiger partial charge < -0.3 is 15.1 Å². The average Bonchev–Trinajstić information content (AvgIpc) is 4.04. The first-order valence-electron chi connectivity index (χ1n) is 23.1. The van der Waals surface area contributed by atoms with Crippen LogP contribution in [-0.4, -0.2) is 111 Å². The molecule has 16 heteroatoms. The van der Waals surface area contributed by atoms with Gasteiger partial charge in [-0.25, -0.2) is 18.9 Å². The van der Waals surface area contributed by atoms with Gasteiger partial charge in [0.05, 0.1) is 35.6 Å². The number of fused-ring (bicyclic) bond motifs is 2. The van der Waals surface area contributed by atoms with Crippen molar-refractivity contribution in [1.29, 1.82) is 0 Å². The lowest BCUT2D eigenvalue weighted by atomic mass is 10.0. The molecule has 0 bridgehead atoms. The number of nitrogens with one attached hydrogen (secondary N) is 2. The zero-order valence-corrected chi connectivity index (χ0v) is 36.6. The van der Waals surface area contributed by atoms with Crippen LogP contribution in [0.15, 0.2) is 79.0 Å². The number of imide groups is 2. The van der Waals surface area contributed by atoms with Crippen LogP contribution in [0.4, 0.5) is 21.7 Å². The number of carbonyl (C=O) groups excluding carboxylic acids is 5. The van der Waals surface area contributed by atoms with Gasteiger partial charge >= 0.3 is 0 Å². The summed E-state index contributed by atoms with van der Waals surface area (Å²) in [6.07, 6.45) is 11.6. The Kier molecular flexibility index (Phi) is 13.2. The summed E-state index contributed by atoms with van der Waals surface area (Å²) >= 11 is 0. The number of halogens is 1. The number of anilines is 3. The number of piperazine rings is 1. The Hall–Kier alpha value is -6.55. The summed E-state index contributed by atoms with van der Waals surface area (Å²) in [5.41, 5.74) is 4.40. The smallest absolute Gasteiger partial charge is 0.264 e. The normalized spacial score (nSPS) is 19.1. The van der Waals surface area contributed by atoms with Crippen LogP contribution in [0.3, 0.4) is 0 Å². The van der Waals surface area contributed by atoms with E-state index in [4.69, 9.17) is 10.1 Å². The summed E-state index contributed by atoms with van der Waals surface area (Å²) in [5.74, 6) is -0.272. The Morgan fingerprint density at radius 3 is 2.38 bits per heavy atom. The van der Waals surface area contributed by atoms with Gasteiger partial charge in [0, 0.05) is 57.8 Å². The summed E-state index contributed by atoms with van der Waals surface area (Å²) in [6.45, 7) is 5.09. The number of imidazole rings is 1. The van der Waals surface area contributed by atoms with Crippen LogP contribution in [0, 0.1) is 5.82 Å². The molecular weight excluding hydrogens is 828 g/mol. The van der Waals surface area contributed by atoms with E-state index in [0.29, 0.717) is 25.2 Å². The molecule has 4 aliphatic rings. The highest BCUT2D eigenvalue weighted by Gasteiger charge is 2.45. The molecule has 2 aromatic carbocycles. The fourth-order valence-corrected chi connectivity index (χ4v) is 9.71. The van der Waals surface area contributed by atoms with Gasteiger partial charge in [-0.2, -0.15) is 0 Å². The van der Waals surface area contributed by atoms with E-state index >= 15 is 0 Å². The number of pyridine rings is 1. The molecule has 2 N–H and O–H groups in total. The molecule has 0 radical (unpaired) electrons. The van der Waals surface area contributed by atoms with E-state index < -0.39 is 29.7 Å². The Morgan fingerprint density at radius 2 is 1.57 bits per heavy atom. The Balaban J connectivity index is 0.668. The number of piperidine rings is 1. The van der Waals surface area contributed by atoms with Crippen LogP contribution in [0.25, 0.3) is 17.0 Å². The lowest BCUT2D eigenvalue weighted by molar-refractivity contribution is -0.136. The number of aromatic nitrogens is 4. The number of unbranched alkanes of at least 4 members (excludes halogenated alkanes) is 6. The van der Waals surface area contributed by atoms with E-state index in [-0.39, 0.29) is 41.6 Å². The number of hydrogen-bond donors (Lipinski definition) is 2. The predicted octanol–water partition coefficient (Wildman–Crippen LogP) is 6.60. The molecule has 5 aromatic rings. The maximum absolute atomic E-state index is 14.1. The van der Waals surface area contributed by atoms with Crippen LogP contribution in [-0.2, 0) is 14.4 Å². The molecular formula is C49H55FN10O5. The van der Waals surface area contributed by atoms with Crippen LogP contribution in [0.5, 0.6) is 0 Å². The largest absolute Gasteiger partial charge is 0.384 e. The molecule has 2 atom stereocenters. The number of benzene rings is 2. The van der Waals surface area contributed by atoms with Gasteiger partial charge in [0.25, 0.3) is 11.8 Å². The van der Waals surface area contributed by atoms with Crippen molar-refractivity contribution in [2.75, 3.05) is 60.9 Å². The Bertz CT molecular complexity index is 2590. The molecule has 3 aromatic heterocycles. The van der Waals surface area contributed by atoms with Gasteiger partial charge in [-0.05, 0) is 86.2 Å². The number of hydrogen-bond acceptors (Lipinski definition) is 12. The highest BCUT2D eigenvalue weighted by atomic mass is 19.1. The first-order valence-corrected chi connectivity index (χ1v) is 23.1. The highest BCUT2D eigenvalue weighted by molar-refractivity contribution is 6.25. The van der Waals surface area contributed by atoms with Gasteiger partial charge in [0.2, 0.25) is 11.8 Å². The fourth-order valence-electron chi connectivity index (χ4n) is 9.71. The molecule has 338 valence electrons. The molecule has 65 heavy (non-hydrogen) atoms. The third-order valence-corrected chi connectivity index (χ3v) is 13.1. The second-order valence-corrected chi connectivity index (χ2v) is 17.5. The lowest BCUT2D eigenvalue weighted by Gasteiger charge is -2.35. The van der Waals surface area contributed by atoms with E-state index in [2.05, 4.69) is 30.3 Å². The lowest BCUT2D eigenvalue weighted by Crippen LogP contribution is -2.54. The van der Waals surface area contributed by atoms with E-state index in [1.807, 2.05) is 47.1 Å². The molecule has 1 unspecified atom stereocenters. The van der Waals surface area contributed by atoms with Gasteiger partial charge in [-0.15, -0.1) is 5.10 Å². The standard InChI is InChI=1S/C49H55FN10O5/c50-34-13-8-12-33(30-34)39-18-11-25-58(39)44-22-21-42-52-31-41(60(42)55-44)37-16-10-19-43(53-37)57-28-26-56(27-29-57)32-35(61)14-6-4-2-1-3-5-7-24-51-38-17-9-15-36-46(38)49(65)59(48(36)64)40-20-23-45(62)54-47(40)63/h8-10,12-13,15-17,19,21-22,30-31,39-40,51H,1-7,11,14,18,20,23-29,32H2,(H,54,62,63)/t39-,40?/m1/s1. The van der Waals surface area contributed by atoms with Crippen molar-refractivity contribution >= 4 is 52.4 Å². The van der Waals surface area contributed by atoms with Crippen molar-refractivity contribution in [3.05, 3.63) is 102 Å². The summed E-state index contributed by atoms with van der Waals surface area (Å²) in [6, 6.07) is 21.0. The summed E-state index contributed by atoms with van der Waals surface area (Å²) < 4.78 is 16.0. The van der Waals surface area contributed by atoms with Crippen LogP contribution in [0.2, 0.25) is 0 Å². The van der Waals surface area contributed by atoms with Gasteiger partial charge in [-0.3, -0.25) is 39.1 Å². The van der Waals surface area contributed by atoms with E-state index in [9.17, 15) is 28.4 Å². The van der Waals surface area contributed by atoms with Crippen LogP contribution >= 0.6 is 0 Å². The molecule has 7 heterocycles. The van der Waals surface area contributed by atoms with Crippen LogP contribution < -0.4 is 20.4 Å². The minimum atomic E-state index is -0.987. The Morgan fingerprint density at radius 1 is 0.785 bits per heavy atom. The number of rotatable bonds is 18. The molecule has 15 nitrogen and oxygen atoms in total. The summed E-state index contributed by atoms with van der Waals surface area (Å²) in [7, 11) is 0. The van der Waals surface area contributed by atoms with Crippen molar-refractivity contribution in [3.63, 3.8) is 0 Å². The molecule has 0 aliphatic carbocycles. The van der Waals surface area contributed by atoms with E-state index in [1.165, 1.54) is 6.07 Å². The monoisotopic (exact) mass is 882 g/mol. The van der Waals surface area contributed by atoms with E-state index in [1.54, 1.807) is 30.3 Å². The minimum absolute atomic E-state index is 0.0589. The summed E-state index contributed by atoms with van der Waals surface area (Å²) in [5, 5.41) is 10.6. The number of carbonyl (C=O) groups is 5. The molecule has 9 rings (SSSR count). The van der Waals surface area contributed by atoms with Crippen LogP contribution in [0.1, 0.15) is 109 Å². The van der Waals surface area contributed by atoms with Crippen molar-refractivity contribution in [3.8, 4) is 11.4 Å². The molecule has 4 amide bonds. The third kappa shape index (κ3) is 9.63. The zero-order chi connectivity index (χ0) is 44.9. The topological polar surface area (TPSA) is 165 Å². The van der Waals surface area contributed by atoms with Crippen molar-refractivity contribution in [1.82, 2.24) is 34.7 Å². The molecule has 0 saturated carbocycles. The third-order valence-electron chi connectivity index (χ3n) is 13.1. The average molecular weight is 883 g/mol. The minimum Gasteiger partial charge on any atom is -0.384 e. The second-order valence-electron chi connectivity index (χ2n) is 17.5. The molecule has 4 aliphatic heterocycles. The van der Waals surface area contributed by atoms with Crippen molar-refractivity contribution < 1.29 is 28.4 Å². The Labute approximate surface area is 377 Å². The SMILES string of the molecule is O=C(CCCCCCCCCNc1cccc2c1C(=O)N(C1CCC(=O)NC1=O)C2=O)CN1CCN(c2cccc(-c3cnc4ccc(N5CCC[C@@H]5c5cccc(F)c5)nn34)n2)CC1. The summed E-state index contributed by atoms with van der Waals surface area (Å²) in [4.78, 5) is 80.8. The van der Waals surface area contributed by atoms with Crippen molar-refractivity contribution in [2.45, 2.75) is 89.1 Å². The van der Waals surface area contributed by atoms with Gasteiger partial charge in [-0.1, -0.05) is 56.4 Å². The van der Waals surface area contributed by atoms with Crippen molar-refractivity contribution in [2.24, 2.45) is 0 Å². The maximum Gasteiger partial charge on any atom is 0.264 e. The first kappa shape index (κ1) is 43.7. The second kappa shape index (κ2) is 19.7. The molecule has 3 saturated heterocycles. The quantitative estimate of drug-likeness (QED) is 0.0717. The number of amides is 4. The number of ketones is 1. The van der Waals surface area contributed by atoms with E-state index in [0.717, 1.165) is 130 Å². The van der Waals surface area contributed by atoms with Gasteiger partial charge in [0.1, 0.15) is 35.0 Å². The predicted molar refractivity (Wildman–Crippen MR) is 244 cm³/mol. The van der Waals surface area contributed by atoms with Gasteiger partial charge in [0.15, 0.2) is 5.65 Å². The first-order chi connectivity index (χ1) is 31.7. The molecule has 3 fully saturated rings. The maximum atomic E-state index is 14.1.